The van der Waals surface area contributed by atoms with Crippen molar-refractivity contribution < 1.29 is 19.0 Å². The summed E-state index contributed by atoms with van der Waals surface area (Å²) in [5.41, 5.74) is 1.65. The normalized spacial score (nSPS) is 12.1. The highest BCUT2D eigenvalue weighted by atomic mass is 35.5. The van der Waals surface area contributed by atoms with Crippen LogP contribution in [0.2, 0.25) is 10.0 Å². The Bertz CT molecular complexity index is 736. The Morgan fingerprint density at radius 1 is 1.04 bits per heavy atom. The van der Waals surface area contributed by atoms with Gasteiger partial charge in [-0.05, 0) is 35.4 Å². The maximum Gasteiger partial charge on any atom is 0.407 e. The zero-order chi connectivity index (χ0) is 16.2. The molecule has 0 atom stereocenters. The molecule has 0 saturated heterocycles. The fourth-order valence-electron chi connectivity index (χ4n) is 2.05. The first-order valence-electron chi connectivity index (χ1n) is 6.85. The minimum atomic E-state index is -0.520. The Morgan fingerprint density at radius 2 is 1.83 bits per heavy atom. The van der Waals surface area contributed by atoms with Gasteiger partial charge in [0, 0.05) is 6.54 Å². The number of hydrogen-bond acceptors (Lipinski definition) is 4. The van der Waals surface area contributed by atoms with E-state index in [9.17, 15) is 4.79 Å². The number of halogens is 2. The van der Waals surface area contributed by atoms with Crippen LogP contribution >= 0.6 is 23.2 Å². The predicted octanol–water partition coefficient (Wildman–Crippen LogP) is 4.15. The Morgan fingerprint density at radius 3 is 2.65 bits per heavy atom. The molecule has 3 rings (SSSR count). The molecule has 0 unspecified atom stereocenters. The van der Waals surface area contributed by atoms with Crippen LogP contribution in [0.25, 0.3) is 0 Å². The second-order valence-electron chi connectivity index (χ2n) is 4.87. The summed E-state index contributed by atoms with van der Waals surface area (Å²) < 4.78 is 15.7. The standard InChI is InChI=1S/C16H13Cl2NO4/c17-12-3-1-10(5-13(12)18)7-19-16(20)21-8-11-2-4-14-15(6-11)23-9-22-14/h1-6H,7-9H2,(H,19,20). The topological polar surface area (TPSA) is 56.8 Å². The number of benzene rings is 2. The molecule has 0 saturated carbocycles. The smallest absolute Gasteiger partial charge is 0.407 e. The number of nitrogens with one attached hydrogen (secondary N) is 1. The van der Waals surface area contributed by atoms with E-state index in [1.165, 1.54) is 0 Å². The summed E-state index contributed by atoms with van der Waals surface area (Å²) in [7, 11) is 0. The van der Waals surface area contributed by atoms with Gasteiger partial charge in [0.15, 0.2) is 11.5 Å². The molecule has 0 bridgehead atoms. The predicted molar refractivity (Wildman–Crippen MR) is 86.1 cm³/mol. The summed E-state index contributed by atoms with van der Waals surface area (Å²) >= 11 is 11.8. The lowest BCUT2D eigenvalue weighted by atomic mass is 10.2. The maximum absolute atomic E-state index is 11.7. The van der Waals surface area contributed by atoms with Crippen molar-refractivity contribution in [2.24, 2.45) is 0 Å². The van der Waals surface area contributed by atoms with Gasteiger partial charge in [-0.3, -0.25) is 0 Å². The number of ether oxygens (including phenoxy) is 3. The lowest BCUT2D eigenvalue weighted by molar-refractivity contribution is 0.139. The van der Waals surface area contributed by atoms with E-state index < -0.39 is 6.09 Å². The zero-order valence-corrected chi connectivity index (χ0v) is 13.5. The molecule has 0 spiro atoms. The van der Waals surface area contributed by atoms with E-state index in [0.29, 0.717) is 28.1 Å². The number of amides is 1. The van der Waals surface area contributed by atoms with E-state index in [1.54, 1.807) is 30.3 Å². The van der Waals surface area contributed by atoms with Gasteiger partial charge in [0.25, 0.3) is 0 Å². The fourth-order valence-corrected chi connectivity index (χ4v) is 2.38. The minimum Gasteiger partial charge on any atom is -0.454 e. The quantitative estimate of drug-likeness (QED) is 0.896. The monoisotopic (exact) mass is 353 g/mol. The first-order valence-corrected chi connectivity index (χ1v) is 7.60. The van der Waals surface area contributed by atoms with Gasteiger partial charge in [-0.25, -0.2) is 4.79 Å². The lowest BCUT2D eigenvalue weighted by Gasteiger charge is -2.08. The molecule has 2 aromatic rings. The molecule has 1 N–H and O–H groups in total. The Labute approximate surface area is 143 Å². The molecule has 120 valence electrons. The molecule has 5 nitrogen and oxygen atoms in total. The van der Waals surface area contributed by atoms with Crippen LogP contribution in [0.1, 0.15) is 11.1 Å². The summed E-state index contributed by atoms with van der Waals surface area (Å²) in [6.45, 7) is 0.657. The Balaban J connectivity index is 1.48. The van der Waals surface area contributed by atoms with Crippen LogP contribution in [0, 0.1) is 0 Å². The lowest BCUT2D eigenvalue weighted by Crippen LogP contribution is -2.23. The number of hydrogen-bond donors (Lipinski definition) is 1. The number of carbonyl (C=O) groups is 1. The molecular weight excluding hydrogens is 341 g/mol. The van der Waals surface area contributed by atoms with Gasteiger partial charge in [0.1, 0.15) is 6.61 Å². The van der Waals surface area contributed by atoms with Crippen molar-refractivity contribution >= 4 is 29.3 Å². The van der Waals surface area contributed by atoms with Crippen molar-refractivity contribution in [2.45, 2.75) is 13.2 Å². The van der Waals surface area contributed by atoms with Crippen molar-refractivity contribution in [1.29, 1.82) is 0 Å². The summed E-state index contributed by atoms with van der Waals surface area (Å²) in [5, 5.41) is 3.57. The first kappa shape index (κ1) is 15.8. The third-order valence-electron chi connectivity index (χ3n) is 3.23. The fraction of sp³-hybridized carbons (Fsp3) is 0.188. The molecule has 2 aromatic carbocycles. The van der Waals surface area contributed by atoms with Gasteiger partial charge >= 0.3 is 6.09 Å². The molecule has 0 fully saturated rings. The zero-order valence-electron chi connectivity index (χ0n) is 12.0. The molecule has 7 heteroatoms. The van der Waals surface area contributed by atoms with Crippen molar-refractivity contribution in [3.05, 3.63) is 57.6 Å². The molecule has 23 heavy (non-hydrogen) atoms. The van der Waals surface area contributed by atoms with Gasteiger partial charge in [-0.1, -0.05) is 35.3 Å². The van der Waals surface area contributed by atoms with Gasteiger partial charge in [-0.15, -0.1) is 0 Å². The largest absolute Gasteiger partial charge is 0.454 e. The van der Waals surface area contributed by atoms with Gasteiger partial charge in [-0.2, -0.15) is 0 Å². The summed E-state index contributed by atoms with van der Waals surface area (Å²) in [4.78, 5) is 11.7. The number of rotatable bonds is 4. The average Bonchev–Trinajstić information content (AvgIpc) is 3.01. The van der Waals surface area contributed by atoms with Crippen LogP contribution in [0.15, 0.2) is 36.4 Å². The third kappa shape index (κ3) is 4.00. The van der Waals surface area contributed by atoms with Crippen LogP contribution in [0.3, 0.4) is 0 Å². The van der Waals surface area contributed by atoms with E-state index >= 15 is 0 Å². The highest BCUT2D eigenvalue weighted by Gasteiger charge is 2.13. The SMILES string of the molecule is O=C(NCc1ccc(Cl)c(Cl)c1)OCc1ccc2c(c1)OCO2. The molecule has 0 aliphatic carbocycles. The van der Waals surface area contributed by atoms with Crippen LogP contribution < -0.4 is 14.8 Å². The molecule has 0 aromatic heterocycles. The van der Waals surface area contributed by atoms with E-state index in [-0.39, 0.29) is 13.4 Å². The Kier molecular flexibility index (Phi) is 4.79. The highest BCUT2D eigenvalue weighted by Crippen LogP contribution is 2.32. The Hall–Kier alpha value is -2.11. The van der Waals surface area contributed by atoms with Crippen LogP contribution in [0.5, 0.6) is 11.5 Å². The molecule has 1 aliphatic heterocycles. The molecule has 0 radical (unpaired) electrons. The van der Waals surface area contributed by atoms with Gasteiger partial charge in [0.2, 0.25) is 6.79 Å². The van der Waals surface area contributed by atoms with Crippen molar-refractivity contribution in [3.63, 3.8) is 0 Å². The molecule has 1 aliphatic rings. The third-order valence-corrected chi connectivity index (χ3v) is 3.97. The van der Waals surface area contributed by atoms with Crippen LogP contribution in [-0.4, -0.2) is 12.9 Å². The van der Waals surface area contributed by atoms with Crippen molar-refractivity contribution in [2.75, 3.05) is 6.79 Å². The molecule has 1 heterocycles. The van der Waals surface area contributed by atoms with Gasteiger partial charge < -0.3 is 19.5 Å². The second kappa shape index (κ2) is 6.98. The number of alkyl carbamates (subject to hydrolysis) is 1. The minimum absolute atomic E-state index is 0.143. The molecular formula is C16H13Cl2NO4. The maximum atomic E-state index is 11.7. The van der Waals surface area contributed by atoms with Crippen LogP contribution in [-0.2, 0) is 17.9 Å². The van der Waals surface area contributed by atoms with E-state index in [4.69, 9.17) is 37.4 Å². The first-order chi connectivity index (χ1) is 11.1. The highest BCUT2D eigenvalue weighted by molar-refractivity contribution is 6.42. The van der Waals surface area contributed by atoms with E-state index in [1.807, 2.05) is 6.07 Å². The number of fused-ring (bicyclic) bond motifs is 1. The summed E-state index contributed by atoms with van der Waals surface area (Å²) in [5.74, 6) is 1.35. The summed E-state index contributed by atoms with van der Waals surface area (Å²) in [6.07, 6.45) is -0.520. The van der Waals surface area contributed by atoms with Gasteiger partial charge in [0.05, 0.1) is 10.0 Å². The summed E-state index contributed by atoms with van der Waals surface area (Å²) in [6, 6.07) is 10.6. The second-order valence-corrected chi connectivity index (χ2v) is 5.68. The van der Waals surface area contributed by atoms with E-state index in [0.717, 1.165) is 11.1 Å². The van der Waals surface area contributed by atoms with E-state index in [2.05, 4.69) is 5.32 Å². The van der Waals surface area contributed by atoms with Crippen LogP contribution in [0.4, 0.5) is 4.79 Å². The van der Waals surface area contributed by atoms with Crippen molar-refractivity contribution in [1.82, 2.24) is 5.32 Å². The molecule has 1 amide bonds. The number of carbonyl (C=O) groups excluding carboxylic acids is 1. The average molecular weight is 354 g/mol. The van der Waals surface area contributed by atoms with Crippen molar-refractivity contribution in [3.8, 4) is 11.5 Å².